The second-order valence-corrected chi connectivity index (χ2v) is 13.6. The number of anilines is 1. The van der Waals surface area contributed by atoms with Crippen molar-refractivity contribution in [2.24, 2.45) is 11.8 Å². The Hall–Kier alpha value is -5.16. The summed E-state index contributed by atoms with van der Waals surface area (Å²) in [6.45, 7) is 4.35. The molecular weight excluding hydrogens is 644 g/mol. The topological polar surface area (TPSA) is 136 Å². The summed E-state index contributed by atoms with van der Waals surface area (Å²) in [5, 5.41) is 27.6. The third-order valence-electron chi connectivity index (χ3n) is 10.1. The molecule has 5 aromatic rings. The number of H-pyrrole nitrogens is 1. The van der Waals surface area contributed by atoms with E-state index in [1.807, 2.05) is 66.7 Å². The first-order chi connectivity index (χ1) is 24.9. The molecule has 0 bridgehead atoms. The smallest absolute Gasteiger partial charge is 0.411 e. The highest BCUT2D eigenvalue weighted by atomic mass is 16.6. The second kappa shape index (κ2) is 15.8. The van der Waals surface area contributed by atoms with E-state index in [0.717, 1.165) is 61.5 Å². The van der Waals surface area contributed by atoms with Crippen LogP contribution in [0.5, 0.6) is 11.5 Å². The fraction of sp³-hybridized carbons (Fsp3) is 0.317. The molecule has 0 spiro atoms. The molecule has 7 rings (SSSR count). The number of fused-ring (bicyclic) bond motifs is 2. The quantitative estimate of drug-likeness (QED) is 0.0937. The van der Waals surface area contributed by atoms with Crippen LogP contribution in [0.25, 0.3) is 22.0 Å². The Balaban J connectivity index is 0.792. The SMILES string of the molecule is O=C(Nc1ccccc1-c1ccccc1)OC1C[C@@H]2CN(CCc3ccc(OCCNC[C@H](O)c4ccc(O)c5[nH]c(=O)ccc45)cc3)C[C@@H]2C1. The van der Waals surface area contributed by atoms with Crippen LogP contribution in [-0.4, -0.2) is 71.6 Å². The van der Waals surface area contributed by atoms with Crippen LogP contribution < -0.4 is 20.9 Å². The zero-order chi connectivity index (χ0) is 35.2. The number of phenolic OH excluding ortho intramolecular Hbond substituents is 1. The summed E-state index contributed by atoms with van der Waals surface area (Å²) in [5.74, 6) is 1.87. The number of aromatic nitrogens is 1. The summed E-state index contributed by atoms with van der Waals surface area (Å²) in [4.78, 5) is 29.7. The molecule has 2 heterocycles. The lowest BCUT2D eigenvalue weighted by atomic mass is 10.0. The molecule has 5 N–H and O–H groups in total. The number of likely N-dealkylation sites (tertiary alicyclic amines) is 1. The highest BCUT2D eigenvalue weighted by Crippen LogP contribution is 2.40. The van der Waals surface area contributed by atoms with E-state index in [1.54, 1.807) is 12.1 Å². The molecule has 1 saturated carbocycles. The van der Waals surface area contributed by atoms with E-state index >= 15 is 0 Å². The number of hydrogen-bond acceptors (Lipinski definition) is 8. The molecule has 2 fully saturated rings. The van der Waals surface area contributed by atoms with E-state index in [0.29, 0.717) is 48.0 Å². The number of aromatic amines is 1. The number of nitrogens with one attached hydrogen (secondary N) is 3. The monoisotopic (exact) mass is 688 g/mol. The lowest BCUT2D eigenvalue weighted by Gasteiger charge is -2.20. The molecule has 10 heteroatoms. The Bertz CT molecular complexity index is 1990. The van der Waals surface area contributed by atoms with Gasteiger partial charge in [-0.25, -0.2) is 4.79 Å². The van der Waals surface area contributed by atoms with Crippen LogP contribution in [0, 0.1) is 11.8 Å². The van der Waals surface area contributed by atoms with Gasteiger partial charge in [-0.15, -0.1) is 0 Å². The van der Waals surface area contributed by atoms with Gasteiger partial charge in [0.15, 0.2) is 0 Å². The Morgan fingerprint density at radius 2 is 1.65 bits per heavy atom. The number of aromatic hydroxyl groups is 1. The third-order valence-corrected chi connectivity index (χ3v) is 10.1. The van der Waals surface area contributed by atoms with E-state index in [4.69, 9.17) is 9.47 Å². The van der Waals surface area contributed by atoms with Gasteiger partial charge in [-0.1, -0.05) is 66.7 Å². The number of pyridine rings is 1. The predicted octanol–water partition coefficient (Wildman–Crippen LogP) is 6.10. The van der Waals surface area contributed by atoms with Crippen LogP contribution in [0.3, 0.4) is 0 Å². The molecule has 264 valence electrons. The minimum atomic E-state index is -0.816. The Morgan fingerprint density at radius 1 is 0.902 bits per heavy atom. The summed E-state index contributed by atoms with van der Waals surface area (Å²) in [6.07, 6.45) is 1.52. The van der Waals surface area contributed by atoms with Gasteiger partial charge in [-0.3, -0.25) is 10.1 Å². The maximum atomic E-state index is 12.9. The van der Waals surface area contributed by atoms with Crippen LogP contribution in [-0.2, 0) is 11.2 Å². The number of amides is 1. The molecule has 2 aliphatic rings. The fourth-order valence-electron chi connectivity index (χ4n) is 7.55. The van der Waals surface area contributed by atoms with Crippen molar-refractivity contribution >= 4 is 22.7 Å². The van der Waals surface area contributed by atoms with Gasteiger partial charge in [0.05, 0.1) is 17.3 Å². The number of rotatable bonds is 13. The van der Waals surface area contributed by atoms with Crippen molar-refractivity contribution in [3.8, 4) is 22.6 Å². The summed E-state index contributed by atoms with van der Waals surface area (Å²) < 4.78 is 11.8. The number of carbonyl (C=O) groups excluding carboxylic acids is 1. The van der Waals surface area contributed by atoms with Crippen molar-refractivity contribution in [1.82, 2.24) is 15.2 Å². The van der Waals surface area contributed by atoms with Crippen LogP contribution in [0.15, 0.2) is 108 Å². The molecule has 4 aromatic carbocycles. The minimum Gasteiger partial charge on any atom is -0.506 e. The van der Waals surface area contributed by atoms with Crippen LogP contribution in [0.2, 0.25) is 0 Å². The van der Waals surface area contributed by atoms with Crippen molar-refractivity contribution in [3.05, 3.63) is 125 Å². The lowest BCUT2D eigenvalue weighted by molar-refractivity contribution is 0.106. The van der Waals surface area contributed by atoms with Crippen LogP contribution in [0.4, 0.5) is 10.5 Å². The number of para-hydroxylation sites is 1. The minimum absolute atomic E-state index is 0.0324. The number of benzene rings is 4. The molecule has 4 atom stereocenters. The van der Waals surface area contributed by atoms with Crippen molar-refractivity contribution < 1.29 is 24.5 Å². The molecule has 1 unspecified atom stereocenters. The second-order valence-electron chi connectivity index (χ2n) is 13.6. The number of aliphatic hydroxyl groups is 1. The molecule has 1 amide bonds. The zero-order valence-electron chi connectivity index (χ0n) is 28.5. The summed E-state index contributed by atoms with van der Waals surface area (Å²) in [7, 11) is 0. The number of ether oxygens (including phenoxy) is 2. The standard InChI is InChI=1S/C41H44N4O6/c46-37-16-14-34(35-15-17-39(48)44-40(35)37)38(47)24-42-19-21-50-31-12-10-27(11-13-31)18-20-45-25-29-22-32(23-30(29)26-45)51-41(49)43-36-9-5-4-8-33(36)28-6-2-1-3-7-28/h1-17,29-30,32,38,42,46-47H,18-26H2,(H,43,49)(H,44,48)/t29-,30+,32?,38-/m0/s1. The lowest BCUT2D eigenvalue weighted by Crippen LogP contribution is -2.27. The van der Waals surface area contributed by atoms with Gasteiger partial charge in [0.1, 0.15) is 24.2 Å². The van der Waals surface area contributed by atoms with E-state index in [2.05, 4.69) is 32.7 Å². The average Bonchev–Trinajstić information content (AvgIpc) is 3.70. The fourth-order valence-corrected chi connectivity index (χ4v) is 7.55. The van der Waals surface area contributed by atoms with E-state index in [-0.39, 0.29) is 23.5 Å². The third kappa shape index (κ3) is 8.42. The molecule has 1 aliphatic heterocycles. The normalized spacial score (nSPS) is 19.1. The summed E-state index contributed by atoms with van der Waals surface area (Å²) >= 11 is 0. The van der Waals surface area contributed by atoms with Crippen molar-refractivity contribution in [1.29, 1.82) is 0 Å². The first-order valence-corrected chi connectivity index (χ1v) is 17.7. The predicted molar refractivity (Wildman–Crippen MR) is 198 cm³/mol. The highest BCUT2D eigenvalue weighted by molar-refractivity contribution is 5.91. The number of aliphatic hydroxyl groups excluding tert-OH is 1. The molecule has 10 nitrogen and oxygen atoms in total. The van der Waals surface area contributed by atoms with Gasteiger partial charge in [-0.05, 0) is 78.1 Å². The average molecular weight is 689 g/mol. The largest absolute Gasteiger partial charge is 0.506 e. The van der Waals surface area contributed by atoms with Crippen LogP contribution >= 0.6 is 0 Å². The molecule has 1 aliphatic carbocycles. The summed E-state index contributed by atoms with van der Waals surface area (Å²) in [5.41, 5.74) is 4.67. The first kappa shape index (κ1) is 34.3. The van der Waals surface area contributed by atoms with Gasteiger partial charge >= 0.3 is 6.09 Å². The maximum absolute atomic E-state index is 12.9. The maximum Gasteiger partial charge on any atom is 0.411 e. The van der Waals surface area contributed by atoms with E-state index in [1.165, 1.54) is 17.7 Å². The number of carbonyl (C=O) groups is 1. The Labute approximate surface area is 297 Å². The number of nitrogens with zero attached hydrogens (tertiary/aromatic N) is 1. The number of phenols is 1. The zero-order valence-corrected chi connectivity index (χ0v) is 28.5. The van der Waals surface area contributed by atoms with Gasteiger partial charge in [-0.2, -0.15) is 0 Å². The van der Waals surface area contributed by atoms with Gasteiger partial charge in [0.2, 0.25) is 5.56 Å². The molecule has 51 heavy (non-hydrogen) atoms. The van der Waals surface area contributed by atoms with Crippen molar-refractivity contribution in [3.63, 3.8) is 0 Å². The van der Waals surface area contributed by atoms with Gasteiger partial charge in [0.25, 0.3) is 0 Å². The molecule has 1 saturated heterocycles. The highest BCUT2D eigenvalue weighted by Gasteiger charge is 2.42. The van der Waals surface area contributed by atoms with Gasteiger partial charge < -0.3 is 34.9 Å². The van der Waals surface area contributed by atoms with E-state index in [9.17, 15) is 19.8 Å². The Kier molecular flexibility index (Phi) is 10.6. The number of hydrogen-bond donors (Lipinski definition) is 5. The first-order valence-electron chi connectivity index (χ1n) is 17.7. The molecule has 1 aromatic heterocycles. The van der Waals surface area contributed by atoms with Crippen molar-refractivity contribution in [2.45, 2.75) is 31.5 Å². The summed E-state index contributed by atoms with van der Waals surface area (Å²) in [6, 6.07) is 32.2. The van der Waals surface area contributed by atoms with Gasteiger partial charge in [0, 0.05) is 49.7 Å². The van der Waals surface area contributed by atoms with Crippen molar-refractivity contribution in [2.75, 3.05) is 44.6 Å². The molecular formula is C41H44N4O6. The molecule has 0 radical (unpaired) electrons. The van der Waals surface area contributed by atoms with Crippen LogP contribution in [0.1, 0.15) is 30.1 Å². The van der Waals surface area contributed by atoms with E-state index < -0.39 is 6.10 Å². The Morgan fingerprint density at radius 3 is 2.43 bits per heavy atom.